The van der Waals surface area contributed by atoms with Crippen LogP contribution in [0.5, 0.6) is 0 Å². The molecule has 1 rings (SSSR count). The Balaban J connectivity index is 3.29. The van der Waals surface area contributed by atoms with Gasteiger partial charge in [-0.05, 0) is 4.80 Å². The van der Waals surface area contributed by atoms with E-state index in [0.717, 1.165) is 9.21 Å². The Morgan fingerprint density at radius 1 is 1.56 bits per heavy atom. The minimum Gasteiger partial charge on any atom is -0.149 e. The van der Waals surface area contributed by atoms with Gasteiger partial charge in [-0.2, -0.15) is 0 Å². The molecule has 1 aromatic rings. The number of hydrogen-bond donors (Lipinski definition) is 0. The van der Waals surface area contributed by atoms with Crippen LogP contribution in [-0.4, -0.2) is 9.90 Å². The number of aryl methyl sites for hydroxylation is 1. The van der Waals surface area contributed by atoms with Crippen molar-refractivity contribution in [1.82, 2.24) is 9.90 Å². The van der Waals surface area contributed by atoms with Gasteiger partial charge in [0.25, 0.3) is 4.60 Å². The summed E-state index contributed by atoms with van der Waals surface area (Å²) in [5, 5.41) is 4.06. The minimum absolute atomic E-state index is 0.826. The molecule has 0 amide bonds. The fraction of sp³-hybridized carbons (Fsp3) is 0.500. The van der Waals surface area contributed by atoms with Gasteiger partial charge in [-0.3, -0.25) is 0 Å². The quantitative estimate of drug-likeness (QED) is 0.628. The molecule has 0 aliphatic carbocycles. The first kappa shape index (κ1) is 7.21. The first-order valence-corrected chi connectivity index (χ1v) is 3.96. The van der Waals surface area contributed by atoms with E-state index < -0.39 is 0 Å². The molecule has 50 valence electrons. The molecule has 0 unspecified atom stereocenters. The van der Waals surface area contributed by atoms with Crippen LogP contribution >= 0.6 is 31.9 Å². The summed E-state index contributed by atoms with van der Waals surface area (Å²) < 4.78 is 3.65. The van der Waals surface area contributed by atoms with E-state index in [4.69, 9.17) is 0 Å². The lowest BCUT2D eigenvalue weighted by Gasteiger charge is -1.84. The predicted octanol–water partition coefficient (Wildman–Crippen LogP) is 0.770. The molecule has 0 aliphatic rings. The van der Waals surface area contributed by atoms with Gasteiger partial charge in [0.05, 0.1) is 12.1 Å². The number of hydrogen-bond acceptors (Lipinski definition) is 1. The van der Waals surface area contributed by atoms with Crippen molar-refractivity contribution >= 4 is 31.9 Å². The molecule has 0 atom stereocenters. The standard InChI is InChI=1S/C4H6Br2N3/c1-8-4(6)3(5)7-9(8)2/h1-2H3/q+1. The Morgan fingerprint density at radius 3 is 2.22 bits per heavy atom. The molecule has 0 aliphatic heterocycles. The number of aromatic nitrogens is 3. The maximum Gasteiger partial charge on any atom is 0.298 e. The molecule has 0 saturated carbocycles. The van der Waals surface area contributed by atoms with Crippen LogP contribution < -0.4 is 4.68 Å². The van der Waals surface area contributed by atoms with Crippen LogP contribution in [0.25, 0.3) is 0 Å². The highest BCUT2D eigenvalue weighted by Gasteiger charge is 2.15. The molecular weight excluding hydrogens is 250 g/mol. The lowest BCUT2D eigenvalue weighted by atomic mass is 10.9. The second-order valence-corrected chi connectivity index (χ2v) is 3.20. The van der Waals surface area contributed by atoms with Gasteiger partial charge in [0.15, 0.2) is 0 Å². The van der Waals surface area contributed by atoms with Crippen LogP contribution in [0, 0.1) is 0 Å². The molecule has 0 spiro atoms. The molecule has 9 heavy (non-hydrogen) atoms. The van der Waals surface area contributed by atoms with Crippen molar-refractivity contribution in [2.75, 3.05) is 0 Å². The topological polar surface area (TPSA) is 21.7 Å². The highest BCUT2D eigenvalue weighted by atomic mass is 79.9. The molecule has 0 radical (unpaired) electrons. The van der Waals surface area contributed by atoms with E-state index in [-0.39, 0.29) is 0 Å². The summed E-state index contributed by atoms with van der Waals surface area (Å²) in [5.41, 5.74) is 0. The molecule has 0 N–H and O–H groups in total. The molecule has 0 aromatic carbocycles. The summed E-state index contributed by atoms with van der Waals surface area (Å²) >= 11 is 6.60. The van der Waals surface area contributed by atoms with Crippen molar-refractivity contribution in [3.05, 3.63) is 9.21 Å². The van der Waals surface area contributed by atoms with E-state index in [2.05, 4.69) is 37.0 Å². The second-order valence-electron chi connectivity index (χ2n) is 1.69. The number of rotatable bonds is 0. The molecule has 0 bridgehead atoms. The summed E-state index contributed by atoms with van der Waals surface area (Å²) in [4.78, 5) is 1.73. The van der Waals surface area contributed by atoms with Crippen molar-refractivity contribution in [3.8, 4) is 0 Å². The zero-order valence-corrected chi connectivity index (χ0v) is 8.27. The monoisotopic (exact) mass is 254 g/mol. The Bertz CT molecular complexity index is 207. The van der Waals surface area contributed by atoms with Crippen molar-refractivity contribution < 1.29 is 4.68 Å². The lowest BCUT2D eigenvalue weighted by Crippen LogP contribution is -2.38. The van der Waals surface area contributed by atoms with Gasteiger partial charge >= 0.3 is 0 Å². The lowest BCUT2D eigenvalue weighted by molar-refractivity contribution is -0.765. The van der Waals surface area contributed by atoms with Gasteiger partial charge in [0.2, 0.25) is 4.60 Å². The average Bonchev–Trinajstić information content (AvgIpc) is 1.98. The van der Waals surface area contributed by atoms with Gasteiger partial charge in [-0.15, -0.1) is 4.68 Å². The minimum atomic E-state index is 0.826. The summed E-state index contributed by atoms with van der Waals surface area (Å²) in [5.74, 6) is 0. The van der Waals surface area contributed by atoms with Crippen LogP contribution in [0.4, 0.5) is 0 Å². The van der Waals surface area contributed by atoms with Gasteiger partial charge in [0, 0.05) is 31.9 Å². The van der Waals surface area contributed by atoms with Gasteiger partial charge in [0.1, 0.15) is 7.05 Å². The van der Waals surface area contributed by atoms with Gasteiger partial charge in [-0.25, -0.2) is 0 Å². The van der Waals surface area contributed by atoms with E-state index in [1.165, 1.54) is 0 Å². The number of halogens is 2. The van der Waals surface area contributed by atoms with E-state index in [9.17, 15) is 0 Å². The van der Waals surface area contributed by atoms with Crippen molar-refractivity contribution in [1.29, 1.82) is 0 Å². The largest absolute Gasteiger partial charge is 0.298 e. The van der Waals surface area contributed by atoms with Crippen LogP contribution in [0.15, 0.2) is 9.21 Å². The molecule has 1 heterocycles. The average molecular weight is 256 g/mol. The molecule has 3 nitrogen and oxygen atoms in total. The summed E-state index contributed by atoms with van der Waals surface area (Å²) in [7, 11) is 3.79. The second kappa shape index (κ2) is 2.38. The molecule has 0 fully saturated rings. The van der Waals surface area contributed by atoms with Crippen molar-refractivity contribution in [2.24, 2.45) is 14.1 Å². The maximum atomic E-state index is 4.06. The number of nitrogens with zero attached hydrogens (tertiary/aromatic N) is 3. The van der Waals surface area contributed by atoms with Gasteiger partial charge < -0.3 is 0 Å². The zero-order chi connectivity index (χ0) is 7.02. The van der Waals surface area contributed by atoms with E-state index in [0.29, 0.717) is 0 Å². The third-order valence-electron chi connectivity index (χ3n) is 1.12. The molecular formula is C4H6Br2N3+. The maximum absolute atomic E-state index is 4.06. The summed E-state index contributed by atoms with van der Waals surface area (Å²) in [6.45, 7) is 0. The SMILES string of the molecule is Cn1nc(Br)c(Br)[n+]1C. The predicted molar refractivity (Wildman–Crippen MR) is 39.8 cm³/mol. The Morgan fingerprint density at radius 2 is 2.11 bits per heavy atom. The van der Waals surface area contributed by atoms with Crippen LogP contribution in [0.1, 0.15) is 0 Å². The Hall–Kier alpha value is 0.1000. The third-order valence-corrected chi connectivity index (χ3v) is 3.08. The van der Waals surface area contributed by atoms with Crippen molar-refractivity contribution in [2.45, 2.75) is 0 Å². The van der Waals surface area contributed by atoms with Crippen molar-refractivity contribution in [3.63, 3.8) is 0 Å². The fourth-order valence-corrected chi connectivity index (χ4v) is 1.29. The van der Waals surface area contributed by atoms with E-state index >= 15 is 0 Å². The third kappa shape index (κ3) is 1.16. The Kier molecular flexibility index (Phi) is 1.91. The van der Waals surface area contributed by atoms with Crippen LogP contribution in [0.3, 0.4) is 0 Å². The van der Waals surface area contributed by atoms with Gasteiger partial charge in [-0.1, -0.05) is 0 Å². The molecule has 1 aromatic heterocycles. The Labute approximate surface area is 69.9 Å². The molecule has 5 heteroatoms. The molecule has 0 saturated heterocycles. The smallest absolute Gasteiger partial charge is 0.149 e. The summed E-state index contributed by atoms with van der Waals surface area (Å²) in [6, 6.07) is 0. The summed E-state index contributed by atoms with van der Waals surface area (Å²) in [6.07, 6.45) is 0. The zero-order valence-electron chi connectivity index (χ0n) is 5.10. The van der Waals surface area contributed by atoms with Crippen LogP contribution in [-0.2, 0) is 14.1 Å². The first-order valence-electron chi connectivity index (χ1n) is 2.37. The first-order chi connectivity index (χ1) is 4.13. The normalized spacial score (nSPS) is 10.2. The fourth-order valence-electron chi connectivity index (χ4n) is 0.496. The van der Waals surface area contributed by atoms with E-state index in [1.807, 2.05) is 18.8 Å². The van der Waals surface area contributed by atoms with Crippen LogP contribution in [0.2, 0.25) is 0 Å². The highest BCUT2D eigenvalue weighted by molar-refractivity contribution is 9.13. The van der Waals surface area contributed by atoms with E-state index in [1.54, 1.807) is 4.80 Å². The highest BCUT2D eigenvalue weighted by Crippen LogP contribution is 2.14.